The van der Waals surface area contributed by atoms with Gasteiger partial charge in [0.15, 0.2) is 11.6 Å². The van der Waals surface area contributed by atoms with Gasteiger partial charge >= 0.3 is 0 Å². The molecule has 0 aromatic heterocycles. The van der Waals surface area contributed by atoms with Gasteiger partial charge in [-0.1, -0.05) is 13.0 Å². The summed E-state index contributed by atoms with van der Waals surface area (Å²) in [4.78, 5) is 13.8. The minimum Gasteiger partial charge on any atom is -0.338 e. The molecule has 18 heavy (non-hydrogen) atoms. The minimum absolute atomic E-state index is 0.160. The van der Waals surface area contributed by atoms with E-state index >= 15 is 0 Å². The van der Waals surface area contributed by atoms with Crippen LogP contribution in [-0.2, 0) is 0 Å². The molecule has 1 aromatic rings. The third kappa shape index (κ3) is 2.37. The highest BCUT2D eigenvalue weighted by atomic mass is 19.2. The van der Waals surface area contributed by atoms with Crippen LogP contribution in [0.4, 0.5) is 8.78 Å². The summed E-state index contributed by atoms with van der Waals surface area (Å²) in [6, 6.07) is 2.81. The molecule has 1 fully saturated rings. The van der Waals surface area contributed by atoms with Gasteiger partial charge in [0, 0.05) is 13.1 Å². The summed E-state index contributed by atoms with van der Waals surface area (Å²) in [6.07, 6.45) is 2.00. The Morgan fingerprint density at radius 1 is 1.33 bits per heavy atom. The van der Waals surface area contributed by atoms with E-state index in [9.17, 15) is 13.6 Å². The third-order valence-electron chi connectivity index (χ3n) is 3.45. The van der Waals surface area contributed by atoms with Crippen LogP contribution in [-0.4, -0.2) is 23.9 Å². The number of hydrogen-bond donors (Lipinski definition) is 0. The fraction of sp³-hybridized carbons (Fsp3) is 0.500. The topological polar surface area (TPSA) is 20.3 Å². The number of rotatable bonds is 1. The van der Waals surface area contributed by atoms with Gasteiger partial charge in [0.05, 0.1) is 5.56 Å². The summed E-state index contributed by atoms with van der Waals surface area (Å²) in [5, 5.41) is 0. The zero-order valence-corrected chi connectivity index (χ0v) is 10.7. The van der Waals surface area contributed by atoms with E-state index in [-0.39, 0.29) is 11.1 Å². The lowest BCUT2D eigenvalue weighted by molar-refractivity contribution is 0.0677. The highest BCUT2D eigenvalue weighted by Crippen LogP contribution is 2.21. The van der Waals surface area contributed by atoms with Crippen LogP contribution in [0.5, 0.6) is 0 Å². The monoisotopic (exact) mass is 253 g/mol. The van der Waals surface area contributed by atoms with E-state index in [0.29, 0.717) is 19.0 Å². The largest absolute Gasteiger partial charge is 0.338 e. The van der Waals surface area contributed by atoms with Crippen LogP contribution in [0, 0.1) is 24.5 Å². The molecule has 0 bridgehead atoms. The first kappa shape index (κ1) is 13.0. The maximum absolute atomic E-state index is 13.7. The highest BCUT2D eigenvalue weighted by molar-refractivity contribution is 5.94. The number of amides is 1. The van der Waals surface area contributed by atoms with E-state index in [1.54, 1.807) is 4.90 Å². The van der Waals surface area contributed by atoms with Crippen LogP contribution < -0.4 is 0 Å². The lowest BCUT2D eigenvalue weighted by Crippen LogP contribution is -2.39. The quantitative estimate of drug-likeness (QED) is 0.753. The first-order chi connectivity index (χ1) is 8.50. The molecule has 1 heterocycles. The highest BCUT2D eigenvalue weighted by Gasteiger charge is 2.25. The van der Waals surface area contributed by atoms with Crippen LogP contribution in [0.3, 0.4) is 0 Å². The molecule has 1 aliphatic heterocycles. The molecule has 0 saturated carbocycles. The lowest BCUT2D eigenvalue weighted by Gasteiger charge is -2.31. The molecule has 0 aliphatic carbocycles. The molecule has 1 saturated heterocycles. The van der Waals surface area contributed by atoms with Crippen molar-refractivity contribution in [3.63, 3.8) is 0 Å². The van der Waals surface area contributed by atoms with Gasteiger partial charge in [0.1, 0.15) is 0 Å². The van der Waals surface area contributed by atoms with E-state index in [0.717, 1.165) is 12.8 Å². The van der Waals surface area contributed by atoms with Crippen molar-refractivity contribution < 1.29 is 13.6 Å². The Balaban J connectivity index is 2.26. The Labute approximate surface area is 106 Å². The number of likely N-dealkylation sites (tertiary alicyclic amines) is 1. The standard InChI is InChI=1S/C14H17F2NO/c1-9-4-3-7-17(8-9)14(18)11-6-5-10(2)12(15)13(11)16/h5-6,9H,3-4,7-8H2,1-2H3. The minimum atomic E-state index is -1.03. The first-order valence-corrected chi connectivity index (χ1v) is 6.24. The fourth-order valence-electron chi connectivity index (χ4n) is 2.36. The summed E-state index contributed by atoms with van der Waals surface area (Å²) in [5.41, 5.74) is 0.0586. The van der Waals surface area contributed by atoms with Gasteiger partial charge in [0.25, 0.3) is 5.91 Å². The van der Waals surface area contributed by atoms with Gasteiger partial charge in [-0.3, -0.25) is 4.79 Å². The average molecular weight is 253 g/mol. The fourth-order valence-corrected chi connectivity index (χ4v) is 2.36. The van der Waals surface area contributed by atoms with Crippen molar-refractivity contribution in [1.29, 1.82) is 0 Å². The maximum atomic E-state index is 13.7. The Kier molecular flexibility index (Phi) is 3.64. The van der Waals surface area contributed by atoms with Crippen molar-refractivity contribution >= 4 is 5.91 Å². The second-order valence-corrected chi connectivity index (χ2v) is 5.06. The zero-order valence-electron chi connectivity index (χ0n) is 10.7. The smallest absolute Gasteiger partial charge is 0.256 e. The summed E-state index contributed by atoms with van der Waals surface area (Å²) in [6.45, 7) is 4.78. The Hall–Kier alpha value is -1.45. The van der Waals surface area contributed by atoms with Gasteiger partial charge in [-0.05, 0) is 37.3 Å². The molecule has 2 nitrogen and oxygen atoms in total. The van der Waals surface area contributed by atoms with Crippen LogP contribution in [0.2, 0.25) is 0 Å². The number of aryl methyl sites for hydroxylation is 1. The van der Waals surface area contributed by atoms with E-state index in [1.165, 1.54) is 19.1 Å². The Morgan fingerprint density at radius 3 is 2.72 bits per heavy atom. The number of nitrogens with zero attached hydrogens (tertiary/aromatic N) is 1. The summed E-state index contributed by atoms with van der Waals surface area (Å²) in [5.74, 6) is -1.94. The van der Waals surface area contributed by atoms with Crippen LogP contribution >= 0.6 is 0 Å². The maximum Gasteiger partial charge on any atom is 0.256 e. The molecular weight excluding hydrogens is 236 g/mol. The second-order valence-electron chi connectivity index (χ2n) is 5.06. The number of carbonyl (C=O) groups excluding carboxylic acids is 1. The molecule has 2 rings (SSSR count). The van der Waals surface area contributed by atoms with Crippen molar-refractivity contribution in [1.82, 2.24) is 4.90 Å². The SMILES string of the molecule is Cc1ccc(C(=O)N2CCCC(C)C2)c(F)c1F. The Bertz CT molecular complexity index is 473. The number of halogens is 2. The molecule has 1 aromatic carbocycles. The van der Waals surface area contributed by atoms with Crippen LogP contribution in [0.25, 0.3) is 0 Å². The molecule has 1 aliphatic rings. The van der Waals surface area contributed by atoms with Crippen molar-refractivity contribution in [2.45, 2.75) is 26.7 Å². The normalized spacial score (nSPS) is 20.0. The lowest BCUT2D eigenvalue weighted by atomic mass is 9.99. The average Bonchev–Trinajstić information content (AvgIpc) is 2.35. The van der Waals surface area contributed by atoms with E-state index in [2.05, 4.69) is 6.92 Å². The van der Waals surface area contributed by atoms with Crippen molar-refractivity contribution in [3.8, 4) is 0 Å². The van der Waals surface area contributed by atoms with E-state index < -0.39 is 17.5 Å². The molecular formula is C14H17F2NO. The molecule has 0 N–H and O–H groups in total. The number of benzene rings is 1. The first-order valence-electron chi connectivity index (χ1n) is 6.24. The number of carbonyl (C=O) groups is 1. The zero-order chi connectivity index (χ0) is 13.3. The van der Waals surface area contributed by atoms with Gasteiger partial charge in [-0.2, -0.15) is 0 Å². The van der Waals surface area contributed by atoms with Gasteiger partial charge < -0.3 is 4.90 Å². The van der Waals surface area contributed by atoms with Gasteiger partial charge in [-0.15, -0.1) is 0 Å². The Morgan fingerprint density at radius 2 is 2.06 bits per heavy atom. The van der Waals surface area contributed by atoms with Crippen LogP contribution in [0.1, 0.15) is 35.7 Å². The summed E-state index contributed by atoms with van der Waals surface area (Å²) >= 11 is 0. The summed E-state index contributed by atoms with van der Waals surface area (Å²) in [7, 11) is 0. The van der Waals surface area contributed by atoms with Crippen molar-refractivity contribution in [2.24, 2.45) is 5.92 Å². The predicted octanol–water partition coefficient (Wildman–Crippen LogP) is 3.15. The second kappa shape index (κ2) is 5.04. The molecule has 4 heteroatoms. The molecule has 0 spiro atoms. The molecule has 1 unspecified atom stereocenters. The predicted molar refractivity (Wildman–Crippen MR) is 65.4 cm³/mol. The molecule has 1 amide bonds. The van der Waals surface area contributed by atoms with Crippen molar-refractivity contribution in [3.05, 3.63) is 34.9 Å². The molecule has 98 valence electrons. The summed E-state index contributed by atoms with van der Waals surface area (Å²) < 4.78 is 27.2. The van der Waals surface area contributed by atoms with E-state index in [1.807, 2.05) is 0 Å². The van der Waals surface area contributed by atoms with Gasteiger partial charge in [-0.25, -0.2) is 8.78 Å². The van der Waals surface area contributed by atoms with E-state index in [4.69, 9.17) is 0 Å². The molecule has 0 radical (unpaired) electrons. The van der Waals surface area contributed by atoms with Gasteiger partial charge in [0.2, 0.25) is 0 Å². The number of hydrogen-bond acceptors (Lipinski definition) is 1. The van der Waals surface area contributed by atoms with Crippen molar-refractivity contribution in [2.75, 3.05) is 13.1 Å². The molecule has 1 atom stereocenters. The number of piperidine rings is 1. The van der Waals surface area contributed by atoms with Crippen LogP contribution in [0.15, 0.2) is 12.1 Å². The third-order valence-corrected chi connectivity index (χ3v) is 3.45.